The molecule has 1 aliphatic carbocycles. The van der Waals surface area contributed by atoms with Gasteiger partial charge in [-0.05, 0) is 30.5 Å². The van der Waals surface area contributed by atoms with Gasteiger partial charge in [-0.1, -0.05) is 36.6 Å². The second kappa shape index (κ2) is 6.21. The van der Waals surface area contributed by atoms with Crippen LogP contribution in [0.1, 0.15) is 31.2 Å². The Labute approximate surface area is 113 Å². The van der Waals surface area contributed by atoms with Crippen LogP contribution in [-0.4, -0.2) is 18.0 Å². The minimum atomic E-state index is 0.0414. The van der Waals surface area contributed by atoms with Crippen molar-refractivity contribution in [1.29, 1.82) is 0 Å². The van der Waals surface area contributed by atoms with E-state index in [0.29, 0.717) is 11.4 Å². The first-order valence-corrected chi connectivity index (χ1v) is 6.82. The largest absolute Gasteiger partial charge is 0.352 e. The van der Waals surface area contributed by atoms with E-state index < -0.39 is 0 Å². The number of rotatable bonds is 3. The molecule has 3 nitrogen and oxygen atoms in total. The molecule has 0 saturated heterocycles. The van der Waals surface area contributed by atoms with E-state index in [4.69, 9.17) is 17.3 Å². The van der Waals surface area contributed by atoms with E-state index in [2.05, 4.69) is 5.32 Å². The molecule has 1 amide bonds. The Morgan fingerprint density at radius 3 is 2.61 bits per heavy atom. The number of hydrogen-bond acceptors (Lipinski definition) is 2. The normalized spacial score (nSPS) is 23.7. The summed E-state index contributed by atoms with van der Waals surface area (Å²) in [5, 5.41) is 3.72. The van der Waals surface area contributed by atoms with E-state index in [1.807, 2.05) is 12.1 Å². The molecular formula is C14H19ClN2O. The minimum Gasteiger partial charge on any atom is -0.352 e. The molecule has 4 heteroatoms. The Bertz CT molecular complexity index is 405. The zero-order chi connectivity index (χ0) is 13.0. The molecule has 2 rings (SSSR count). The smallest absolute Gasteiger partial charge is 0.224 e. The topological polar surface area (TPSA) is 55.1 Å². The van der Waals surface area contributed by atoms with Gasteiger partial charge in [0.25, 0.3) is 0 Å². The Kier molecular flexibility index (Phi) is 4.61. The summed E-state index contributed by atoms with van der Waals surface area (Å²) in [6.45, 7) is 0. The third-order valence-corrected chi connectivity index (χ3v) is 3.70. The van der Waals surface area contributed by atoms with Crippen LogP contribution in [0.15, 0.2) is 24.3 Å². The maximum Gasteiger partial charge on any atom is 0.224 e. The third-order valence-electron chi connectivity index (χ3n) is 3.44. The molecule has 1 aliphatic rings. The van der Waals surface area contributed by atoms with Crippen molar-refractivity contribution in [2.75, 3.05) is 0 Å². The average Bonchev–Trinajstić information content (AvgIpc) is 2.35. The molecular weight excluding hydrogens is 248 g/mol. The van der Waals surface area contributed by atoms with E-state index in [-0.39, 0.29) is 18.0 Å². The number of benzene rings is 1. The second-order valence-electron chi connectivity index (χ2n) is 4.93. The summed E-state index contributed by atoms with van der Waals surface area (Å²) in [4.78, 5) is 11.9. The highest BCUT2D eigenvalue weighted by Crippen LogP contribution is 2.17. The van der Waals surface area contributed by atoms with E-state index in [1.165, 1.54) is 6.42 Å². The van der Waals surface area contributed by atoms with Crippen molar-refractivity contribution in [3.05, 3.63) is 34.9 Å². The third kappa shape index (κ3) is 3.72. The van der Waals surface area contributed by atoms with Crippen molar-refractivity contribution in [2.24, 2.45) is 5.73 Å². The van der Waals surface area contributed by atoms with E-state index in [0.717, 1.165) is 24.8 Å². The number of carbonyl (C=O) groups is 1. The predicted molar refractivity (Wildman–Crippen MR) is 73.5 cm³/mol. The summed E-state index contributed by atoms with van der Waals surface area (Å²) in [6, 6.07) is 7.60. The van der Waals surface area contributed by atoms with Crippen LogP contribution in [0.25, 0.3) is 0 Å². The highest BCUT2D eigenvalue weighted by atomic mass is 35.5. The second-order valence-corrected chi connectivity index (χ2v) is 5.36. The molecule has 0 bridgehead atoms. The van der Waals surface area contributed by atoms with Crippen LogP contribution in [0.3, 0.4) is 0 Å². The molecule has 2 atom stereocenters. The number of nitrogens with one attached hydrogen (secondary N) is 1. The van der Waals surface area contributed by atoms with Gasteiger partial charge in [0.15, 0.2) is 0 Å². The average molecular weight is 267 g/mol. The van der Waals surface area contributed by atoms with Gasteiger partial charge in [0.1, 0.15) is 0 Å². The number of hydrogen-bond donors (Lipinski definition) is 2. The van der Waals surface area contributed by atoms with Crippen LogP contribution in [-0.2, 0) is 11.2 Å². The molecule has 3 N–H and O–H groups in total. The van der Waals surface area contributed by atoms with Crippen molar-refractivity contribution in [3.63, 3.8) is 0 Å². The highest BCUT2D eigenvalue weighted by Gasteiger charge is 2.23. The highest BCUT2D eigenvalue weighted by molar-refractivity contribution is 6.30. The summed E-state index contributed by atoms with van der Waals surface area (Å²) >= 11 is 5.81. The maximum absolute atomic E-state index is 11.9. The zero-order valence-corrected chi connectivity index (χ0v) is 11.1. The van der Waals surface area contributed by atoms with E-state index >= 15 is 0 Å². The molecule has 1 aromatic rings. The maximum atomic E-state index is 11.9. The van der Waals surface area contributed by atoms with Crippen molar-refractivity contribution in [3.8, 4) is 0 Å². The molecule has 0 aliphatic heterocycles. The van der Waals surface area contributed by atoms with Crippen molar-refractivity contribution < 1.29 is 4.79 Å². The number of nitrogens with two attached hydrogens (primary N) is 1. The summed E-state index contributed by atoms with van der Waals surface area (Å²) in [5.74, 6) is 0.0414. The first-order valence-electron chi connectivity index (χ1n) is 6.44. The fourth-order valence-electron chi connectivity index (χ4n) is 2.38. The summed E-state index contributed by atoms with van der Waals surface area (Å²) < 4.78 is 0. The molecule has 0 aromatic heterocycles. The van der Waals surface area contributed by atoms with Gasteiger partial charge in [0, 0.05) is 17.1 Å². The molecule has 98 valence electrons. The molecule has 2 unspecified atom stereocenters. The van der Waals surface area contributed by atoms with E-state index in [9.17, 15) is 4.79 Å². The van der Waals surface area contributed by atoms with Gasteiger partial charge >= 0.3 is 0 Å². The van der Waals surface area contributed by atoms with Crippen LogP contribution in [0.5, 0.6) is 0 Å². The summed E-state index contributed by atoms with van der Waals surface area (Å²) in [6.07, 6.45) is 4.71. The Morgan fingerprint density at radius 2 is 1.94 bits per heavy atom. The number of carbonyl (C=O) groups excluding carboxylic acids is 1. The van der Waals surface area contributed by atoms with Crippen molar-refractivity contribution in [1.82, 2.24) is 5.32 Å². The molecule has 1 aromatic carbocycles. The van der Waals surface area contributed by atoms with Gasteiger partial charge in [-0.2, -0.15) is 0 Å². The lowest BCUT2D eigenvalue weighted by molar-refractivity contribution is -0.121. The van der Waals surface area contributed by atoms with Crippen LogP contribution in [0.2, 0.25) is 5.02 Å². The van der Waals surface area contributed by atoms with Crippen molar-refractivity contribution >= 4 is 17.5 Å². The van der Waals surface area contributed by atoms with E-state index in [1.54, 1.807) is 12.1 Å². The molecule has 1 fully saturated rings. The van der Waals surface area contributed by atoms with Crippen LogP contribution in [0.4, 0.5) is 0 Å². The van der Waals surface area contributed by atoms with Gasteiger partial charge < -0.3 is 11.1 Å². The van der Waals surface area contributed by atoms with Gasteiger partial charge in [-0.3, -0.25) is 4.79 Å². The fourth-order valence-corrected chi connectivity index (χ4v) is 2.51. The number of halogens is 1. The van der Waals surface area contributed by atoms with Crippen molar-refractivity contribution in [2.45, 2.75) is 44.2 Å². The van der Waals surface area contributed by atoms with Crippen LogP contribution < -0.4 is 11.1 Å². The molecule has 0 spiro atoms. The lowest BCUT2D eigenvalue weighted by atomic mass is 9.91. The molecule has 1 saturated carbocycles. The first kappa shape index (κ1) is 13.4. The quantitative estimate of drug-likeness (QED) is 0.882. The molecule has 0 heterocycles. The fraction of sp³-hybridized carbons (Fsp3) is 0.500. The Hall–Kier alpha value is -1.06. The Balaban J connectivity index is 1.86. The Morgan fingerprint density at radius 1 is 1.28 bits per heavy atom. The van der Waals surface area contributed by atoms with Gasteiger partial charge in [0.2, 0.25) is 5.91 Å². The predicted octanol–water partition coefficient (Wildman–Crippen LogP) is 2.27. The number of amides is 1. The van der Waals surface area contributed by atoms with Gasteiger partial charge in [0.05, 0.1) is 6.42 Å². The standard InChI is InChI=1S/C14H19ClN2O/c15-11-7-5-10(6-8-11)9-14(18)17-13-4-2-1-3-12(13)16/h5-8,12-13H,1-4,9,16H2,(H,17,18). The molecule has 18 heavy (non-hydrogen) atoms. The van der Waals surface area contributed by atoms with Gasteiger partial charge in [-0.15, -0.1) is 0 Å². The molecule has 0 radical (unpaired) electrons. The SMILES string of the molecule is NC1CCCCC1NC(=O)Cc1ccc(Cl)cc1. The lowest BCUT2D eigenvalue weighted by Gasteiger charge is -2.29. The minimum absolute atomic E-state index is 0.0414. The summed E-state index contributed by atoms with van der Waals surface area (Å²) in [7, 11) is 0. The zero-order valence-electron chi connectivity index (χ0n) is 10.4. The van der Waals surface area contributed by atoms with Crippen LogP contribution in [0, 0.1) is 0 Å². The monoisotopic (exact) mass is 266 g/mol. The first-order chi connectivity index (χ1) is 8.65. The van der Waals surface area contributed by atoms with Gasteiger partial charge in [-0.25, -0.2) is 0 Å². The summed E-state index contributed by atoms with van der Waals surface area (Å²) in [5.41, 5.74) is 6.98. The van der Waals surface area contributed by atoms with Crippen LogP contribution >= 0.6 is 11.6 Å². The lowest BCUT2D eigenvalue weighted by Crippen LogP contribution is -2.49.